The SMILES string of the molecule is CC(C)C(c1nc(-c2ccccc2)co1)(c1nc(-c2ccccc2)co1)C(C)C. The van der Waals surface area contributed by atoms with Crippen LogP contribution in [0.4, 0.5) is 0 Å². The van der Waals surface area contributed by atoms with Crippen molar-refractivity contribution in [1.82, 2.24) is 9.97 Å². The monoisotopic (exact) mass is 386 g/mol. The zero-order valence-corrected chi connectivity index (χ0v) is 17.3. The molecular formula is C25H26N2O2. The molecule has 29 heavy (non-hydrogen) atoms. The lowest BCUT2D eigenvalue weighted by molar-refractivity contribution is 0.175. The number of rotatable bonds is 6. The molecule has 0 amide bonds. The second kappa shape index (κ2) is 7.70. The van der Waals surface area contributed by atoms with Crippen LogP contribution < -0.4 is 0 Å². The Labute approximate surface area is 171 Å². The van der Waals surface area contributed by atoms with Crippen LogP contribution in [0.3, 0.4) is 0 Å². The largest absolute Gasteiger partial charge is 0.447 e. The molecule has 0 saturated heterocycles. The summed E-state index contributed by atoms with van der Waals surface area (Å²) >= 11 is 0. The predicted molar refractivity (Wildman–Crippen MR) is 114 cm³/mol. The molecule has 2 aromatic heterocycles. The third kappa shape index (κ3) is 3.29. The quantitative estimate of drug-likeness (QED) is 0.375. The zero-order chi connectivity index (χ0) is 20.4. The Morgan fingerprint density at radius 1 is 0.621 bits per heavy atom. The molecule has 4 heteroatoms. The van der Waals surface area contributed by atoms with E-state index in [1.807, 2.05) is 60.7 Å². The number of oxazole rings is 2. The summed E-state index contributed by atoms with van der Waals surface area (Å²) in [5.41, 5.74) is 3.13. The second-order valence-corrected chi connectivity index (χ2v) is 7.99. The van der Waals surface area contributed by atoms with E-state index in [9.17, 15) is 0 Å². The molecule has 0 aliphatic rings. The molecule has 0 unspecified atom stereocenters. The lowest BCUT2D eigenvalue weighted by Gasteiger charge is -2.35. The van der Waals surface area contributed by atoms with Gasteiger partial charge in [0.25, 0.3) is 0 Å². The normalized spacial score (nSPS) is 12.1. The fraction of sp³-hybridized carbons (Fsp3) is 0.280. The standard InChI is InChI=1S/C25H26N2O2/c1-17(2)25(18(3)4,23-26-21(15-28-23)19-11-7-5-8-12-19)24-27-22(16-29-24)20-13-9-6-10-14-20/h5-18H,1-4H3. The van der Waals surface area contributed by atoms with Gasteiger partial charge in [0.15, 0.2) is 0 Å². The van der Waals surface area contributed by atoms with Crippen LogP contribution in [0.5, 0.6) is 0 Å². The van der Waals surface area contributed by atoms with Crippen molar-refractivity contribution in [2.45, 2.75) is 33.1 Å². The molecule has 2 heterocycles. The van der Waals surface area contributed by atoms with Crippen LogP contribution in [0, 0.1) is 11.8 Å². The minimum atomic E-state index is -0.569. The number of nitrogens with zero attached hydrogens (tertiary/aromatic N) is 2. The topological polar surface area (TPSA) is 52.1 Å². The Balaban J connectivity index is 1.83. The van der Waals surface area contributed by atoms with Gasteiger partial charge in [0.05, 0.1) is 0 Å². The van der Waals surface area contributed by atoms with Crippen LogP contribution in [-0.4, -0.2) is 9.97 Å². The van der Waals surface area contributed by atoms with E-state index in [1.54, 1.807) is 12.5 Å². The van der Waals surface area contributed by atoms with Crippen molar-refractivity contribution < 1.29 is 8.83 Å². The maximum absolute atomic E-state index is 6.07. The summed E-state index contributed by atoms with van der Waals surface area (Å²) in [5.74, 6) is 1.63. The van der Waals surface area contributed by atoms with Crippen molar-refractivity contribution in [3.63, 3.8) is 0 Å². The lowest BCUT2D eigenvalue weighted by Crippen LogP contribution is -2.40. The van der Waals surface area contributed by atoms with E-state index in [4.69, 9.17) is 18.8 Å². The van der Waals surface area contributed by atoms with Crippen molar-refractivity contribution in [3.05, 3.63) is 85.0 Å². The van der Waals surface area contributed by atoms with Crippen LogP contribution in [-0.2, 0) is 5.41 Å². The minimum Gasteiger partial charge on any atom is -0.447 e. The van der Waals surface area contributed by atoms with Crippen molar-refractivity contribution in [2.75, 3.05) is 0 Å². The Kier molecular flexibility index (Phi) is 5.10. The maximum atomic E-state index is 6.07. The van der Waals surface area contributed by atoms with Gasteiger partial charge < -0.3 is 8.83 Å². The average molecular weight is 386 g/mol. The highest BCUT2D eigenvalue weighted by Crippen LogP contribution is 2.45. The Morgan fingerprint density at radius 2 is 1.00 bits per heavy atom. The summed E-state index contributed by atoms with van der Waals surface area (Å²) in [6, 6.07) is 20.1. The smallest absolute Gasteiger partial charge is 0.210 e. The molecule has 0 saturated carbocycles. The van der Waals surface area contributed by atoms with Crippen molar-refractivity contribution in [1.29, 1.82) is 0 Å². The summed E-state index contributed by atoms with van der Waals surface area (Å²) in [4.78, 5) is 9.77. The van der Waals surface area contributed by atoms with Gasteiger partial charge in [-0.25, -0.2) is 9.97 Å². The van der Waals surface area contributed by atoms with Gasteiger partial charge in [-0.05, 0) is 11.8 Å². The zero-order valence-electron chi connectivity index (χ0n) is 17.3. The highest BCUT2D eigenvalue weighted by atomic mass is 16.4. The molecule has 0 N–H and O–H groups in total. The summed E-state index contributed by atoms with van der Waals surface area (Å²) in [5, 5.41) is 0. The highest BCUT2D eigenvalue weighted by Gasteiger charge is 2.49. The molecular weight excluding hydrogens is 360 g/mol. The van der Waals surface area contributed by atoms with Crippen molar-refractivity contribution in [3.8, 4) is 22.5 Å². The highest BCUT2D eigenvalue weighted by molar-refractivity contribution is 5.59. The van der Waals surface area contributed by atoms with Crippen molar-refractivity contribution in [2.24, 2.45) is 11.8 Å². The van der Waals surface area contributed by atoms with Gasteiger partial charge in [-0.15, -0.1) is 0 Å². The molecule has 148 valence electrons. The van der Waals surface area contributed by atoms with Crippen LogP contribution in [0.1, 0.15) is 39.5 Å². The van der Waals surface area contributed by atoms with Gasteiger partial charge in [-0.3, -0.25) is 0 Å². The Bertz CT molecular complexity index is 975. The minimum absolute atomic E-state index is 0.173. The first-order valence-electron chi connectivity index (χ1n) is 10.1. The van der Waals surface area contributed by atoms with E-state index in [2.05, 4.69) is 27.7 Å². The first-order chi connectivity index (χ1) is 14.0. The molecule has 2 aromatic carbocycles. The molecule has 4 rings (SSSR count). The van der Waals surface area contributed by atoms with E-state index in [0.717, 1.165) is 22.5 Å². The van der Waals surface area contributed by atoms with Crippen LogP contribution in [0.2, 0.25) is 0 Å². The van der Waals surface area contributed by atoms with Gasteiger partial charge in [0.1, 0.15) is 29.3 Å². The van der Waals surface area contributed by atoms with E-state index < -0.39 is 5.41 Å². The number of benzene rings is 2. The molecule has 4 aromatic rings. The molecule has 0 aliphatic heterocycles. The van der Waals surface area contributed by atoms with E-state index in [0.29, 0.717) is 11.8 Å². The predicted octanol–water partition coefficient (Wildman–Crippen LogP) is 6.59. The van der Waals surface area contributed by atoms with Crippen molar-refractivity contribution >= 4 is 0 Å². The fourth-order valence-corrected chi connectivity index (χ4v) is 4.16. The summed E-state index contributed by atoms with van der Waals surface area (Å²) in [6.07, 6.45) is 3.45. The second-order valence-electron chi connectivity index (χ2n) is 7.99. The van der Waals surface area contributed by atoms with Gasteiger partial charge in [0.2, 0.25) is 11.8 Å². The van der Waals surface area contributed by atoms with E-state index >= 15 is 0 Å². The molecule has 0 fully saturated rings. The molecule has 0 atom stereocenters. The lowest BCUT2D eigenvalue weighted by atomic mass is 9.68. The van der Waals surface area contributed by atoms with Crippen LogP contribution in [0.25, 0.3) is 22.5 Å². The molecule has 0 radical (unpaired) electrons. The average Bonchev–Trinajstić information content (AvgIpc) is 3.40. The first-order valence-corrected chi connectivity index (χ1v) is 10.1. The van der Waals surface area contributed by atoms with Crippen LogP contribution >= 0.6 is 0 Å². The Hall–Kier alpha value is -3.14. The third-order valence-corrected chi connectivity index (χ3v) is 5.68. The number of hydrogen-bond donors (Lipinski definition) is 0. The van der Waals surface area contributed by atoms with E-state index in [-0.39, 0.29) is 11.8 Å². The summed E-state index contributed by atoms with van der Waals surface area (Å²) in [6.45, 7) is 8.66. The van der Waals surface area contributed by atoms with E-state index in [1.165, 1.54) is 0 Å². The van der Waals surface area contributed by atoms with Gasteiger partial charge in [-0.1, -0.05) is 88.4 Å². The summed E-state index contributed by atoms with van der Waals surface area (Å²) in [7, 11) is 0. The summed E-state index contributed by atoms with van der Waals surface area (Å²) < 4.78 is 12.1. The number of aromatic nitrogens is 2. The van der Waals surface area contributed by atoms with Gasteiger partial charge in [-0.2, -0.15) is 0 Å². The molecule has 0 aliphatic carbocycles. The number of hydrogen-bond acceptors (Lipinski definition) is 4. The maximum Gasteiger partial charge on any atom is 0.210 e. The van der Waals surface area contributed by atoms with Gasteiger partial charge >= 0.3 is 0 Å². The molecule has 0 spiro atoms. The fourth-order valence-electron chi connectivity index (χ4n) is 4.16. The molecule has 0 bridgehead atoms. The first kappa shape index (κ1) is 19.2. The third-order valence-electron chi connectivity index (χ3n) is 5.68. The van der Waals surface area contributed by atoms with Crippen LogP contribution in [0.15, 0.2) is 82.0 Å². The molecule has 4 nitrogen and oxygen atoms in total. The van der Waals surface area contributed by atoms with Gasteiger partial charge in [0, 0.05) is 11.1 Å². The Morgan fingerprint density at radius 3 is 1.34 bits per heavy atom.